The van der Waals surface area contributed by atoms with Crippen LogP contribution >= 0.6 is 0 Å². The van der Waals surface area contributed by atoms with Gasteiger partial charge in [-0.25, -0.2) is 39.9 Å². The van der Waals surface area contributed by atoms with E-state index in [0.717, 1.165) is 133 Å². The van der Waals surface area contributed by atoms with E-state index in [1.54, 1.807) is 0 Å². The Labute approximate surface area is 825 Å². The van der Waals surface area contributed by atoms with E-state index < -0.39 is 0 Å². The molecule has 0 amide bonds. The number of hydrogen-bond donors (Lipinski definition) is 0. The normalized spacial score (nSPS) is 11.6. The number of rotatable bonds is 14. The van der Waals surface area contributed by atoms with Crippen LogP contribution in [0.2, 0.25) is 0 Å². The van der Waals surface area contributed by atoms with Crippen LogP contribution in [0.4, 0.5) is 0 Å². The molecule has 0 unspecified atom stereocenters. The molecule has 0 bridgehead atoms. The van der Waals surface area contributed by atoms with Gasteiger partial charge in [0.1, 0.15) is 5.82 Å². The fraction of sp³-hybridized carbons (Fsp3) is 0. The molecule has 0 saturated heterocycles. The SMILES string of the molecule is c1ccc(-c2nc(-c3ccccc3)nc(-c3ccc(-n4c5ccccc5c5cc6c7ccccc7n(-c7ccccc7)c6cc54)cc3)n2)cc1.c1ccc(-c2nc(-c3ccccc3)nc(-c3ccc(-n4c5ccccc5c5cc6c7ccccc7n(-c7ccccn7)c6cc54)cc3)n2)cc1.c1ccc(-c2nc(-c3ccccc3)nc(-n3c4ccccc4c4cc5c6ccccc6n(-c6ccccc6)c5cc43)n2)cc1. The van der Waals surface area contributed by atoms with Crippen molar-refractivity contribution < 1.29 is 0 Å². The summed E-state index contributed by atoms with van der Waals surface area (Å²) in [6.07, 6.45) is 1.85. The summed E-state index contributed by atoms with van der Waals surface area (Å²) in [6.45, 7) is 0. The van der Waals surface area contributed by atoms with Crippen LogP contribution in [0.15, 0.2) is 498 Å². The molecular weight excluding hydrogens is 1760 g/mol. The maximum absolute atomic E-state index is 5.11. The number of fused-ring (bicyclic) bond motifs is 18. The van der Waals surface area contributed by atoms with Crippen LogP contribution < -0.4 is 0 Å². The number of pyridine rings is 1. The number of aromatic nitrogens is 16. The first kappa shape index (κ1) is 83.5. The topological polar surface area (TPSA) is 158 Å². The van der Waals surface area contributed by atoms with E-state index >= 15 is 0 Å². The van der Waals surface area contributed by atoms with Crippen LogP contribution in [0.3, 0.4) is 0 Å². The lowest BCUT2D eigenvalue weighted by atomic mass is 10.1. The number of hydrogen-bond acceptors (Lipinski definition) is 10. The zero-order chi connectivity index (χ0) is 95.1. The smallest absolute Gasteiger partial charge is 0.238 e. The zero-order valence-electron chi connectivity index (χ0n) is 77.5. The van der Waals surface area contributed by atoms with Crippen molar-refractivity contribution >= 4 is 131 Å². The van der Waals surface area contributed by atoms with Crippen LogP contribution in [0.25, 0.3) is 256 Å². The Kier molecular flexibility index (Phi) is 20.5. The Balaban J connectivity index is 0.000000108. The van der Waals surface area contributed by atoms with Crippen molar-refractivity contribution in [2.24, 2.45) is 0 Å². The van der Waals surface area contributed by atoms with Crippen LogP contribution in [-0.2, 0) is 0 Å². The summed E-state index contributed by atoms with van der Waals surface area (Å²) in [4.78, 5) is 49.4. The Morgan fingerprint density at radius 1 is 0.125 bits per heavy atom. The number of para-hydroxylation sites is 8. The molecule has 16 heteroatoms. The van der Waals surface area contributed by atoms with E-state index in [2.05, 4.69) is 325 Å². The molecule has 19 aromatic carbocycles. The van der Waals surface area contributed by atoms with Crippen molar-refractivity contribution in [2.45, 2.75) is 0 Å². The molecule has 674 valence electrons. The summed E-state index contributed by atoms with van der Waals surface area (Å²) in [7, 11) is 0. The van der Waals surface area contributed by atoms with Crippen molar-refractivity contribution in [3.63, 3.8) is 0 Å². The van der Waals surface area contributed by atoms with Gasteiger partial charge >= 0.3 is 0 Å². The van der Waals surface area contributed by atoms with Crippen LogP contribution in [-0.4, -0.2) is 77.2 Å². The molecule has 10 heterocycles. The Morgan fingerprint density at radius 3 is 0.576 bits per heavy atom. The highest BCUT2D eigenvalue weighted by molar-refractivity contribution is 6.23. The van der Waals surface area contributed by atoms with Crippen LogP contribution in [0.1, 0.15) is 0 Å². The lowest BCUT2D eigenvalue weighted by Gasteiger charge is -2.11. The average molecular weight is 1840 g/mol. The molecule has 0 fully saturated rings. The minimum Gasteiger partial charge on any atom is -0.309 e. The second-order valence-corrected chi connectivity index (χ2v) is 35.8. The van der Waals surface area contributed by atoms with Gasteiger partial charge in [-0.05, 0) is 158 Å². The molecule has 0 atom stereocenters. The molecule has 29 aromatic rings. The van der Waals surface area contributed by atoms with E-state index in [4.69, 9.17) is 49.8 Å². The van der Waals surface area contributed by atoms with E-state index in [-0.39, 0.29) is 0 Å². The van der Waals surface area contributed by atoms with Crippen molar-refractivity contribution in [2.75, 3.05) is 0 Å². The lowest BCUT2D eigenvalue weighted by molar-refractivity contribution is 0.953. The molecule has 0 aliphatic rings. The molecule has 0 radical (unpaired) electrons. The van der Waals surface area contributed by atoms with E-state index in [0.29, 0.717) is 52.5 Å². The van der Waals surface area contributed by atoms with Gasteiger partial charge in [-0.2, -0.15) is 9.97 Å². The van der Waals surface area contributed by atoms with Gasteiger partial charge < -0.3 is 18.3 Å². The summed E-state index contributed by atoms with van der Waals surface area (Å²) in [5.41, 5.74) is 25.6. The third-order valence-corrected chi connectivity index (χ3v) is 27.4. The highest BCUT2D eigenvalue weighted by Crippen LogP contribution is 2.46. The van der Waals surface area contributed by atoms with Gasteiger partial charge in [0.25, 0.3) is 0 Å². The molecule has 10 aromatic heterocycles. The largest absolute Gasteiger partial charge is 0.309 e. The van der Waals surface area contributed by atoms with Gasteiger partial charge in [-0.3, -0.25) is 9.13 Å². The highest BCUT2D eigenvalue weighted by Gasteiger charge is 2.27. The molecule has 0 aliphatic heterocycles. The van der Waals surface area contributed by atoms with Gasteiger partial charge in [0.05, 0.1) is 66.2 Å². The molecule has 29 rings (SSSR count). The molecule has 144 heavy (non-hydrogen) atoms. The third-order valence-electron chi connectivity index (χ3n) is 27.4. The van der Waals surface area contributed by atoms with Gasteiger partial charge in [0.2, 0.25) is 5.95 Å². The summed E-state index contributed by atoms with van der Waals surface area (Å²) < 4.78 is 13.9. The van der Waals surface area contributed by atoms with Crippen molar-refractivity contribution in [3.8, 4) is 126 Å². The zero-order valence-corrected chi connectivity index (χ0v) is 77.5. The Morgan fingerprint density at radius 2 is 0.319 bits per heavy atom. The average Bonchev–Trinajstić information content (AvgIpc) is 1.56. The molecule has 0 N–H and O–H groups in total. The van der Waals surface area contributed by atoms with Crippen LogP contribution in [0, 0.1) is 0 Å². The van der Waals surface area contributed by atoms with Gasteiger partial charge in [-0.15, -0.1) is 0 Å². The first-order chi connectivity index (χ1) is 71.4. The maximum Gasteiger partial charge on any atom is 0.238 e. The van der Waals surface area contributed by atoms with E-state index in [1.165, 1.54) is 70.4 Å². The Hall–Kier alpha value is -19.8. The molecular formula is C128H82N16. The summed E-state index contributed by atoms with van der Waals surface area (Å²) in [5.74, 6) is 6.63. The van der Waals surface area contributed by atoms with Gasteiger partial charge in [0, 0.05) is 138 Å². The minimum absolute atomic E-state index is 0.589. The maximum atomic E-state index is 5.11. The van der Waals surface area contributed by atoms with Crippen molar-refractivity contribution in [1.29, 1.82) is 0 Å². The second kappa shape index (κ2) is 35.3. The first-order valence-corrected chi connectivity index (χ1v) is 48.2. The number of nitrogens with zero attached hydrogens (tertiary/aromatic N) is 16. The van der Waals surface area contributed by atoms with Gasteiger partial charge in [-0.1, -0.05) is 334 Å². The number of benzene rings is 19. The summed E-state index contributed by atoms with van der Waals surface area (Å²) in [6, 6.07) is 171. The van der Waals surface area contributed by atoms with Crippen LogP contribution in [0.5, 0.6) is 0 Å². The molecule has 0 saturated carbocycles. The quantitative estimate of drug-likeness (QED) is 0.103. The van der Waals surface area contributed by atoms with Crippen molar-refractivity contribution in [3.05, 3.63) is 498 Å². The van der Waals surface area contributed by atoms with Crippen molar-refractivity contribution in [1.82, 2.24) is 77.2 Å². The molecule has 0 spiro atoms. The third kappa shape index (κ3) is 14.6. The predicted molar refractivity (Wildman–Crippen MR) is 587 cm³/mol. The van der Waals surface area contributed by atoms with E-state index in [9.17, 15) is 0 Å². The van der Waals surface area contributed by atoms with E-state index in [1.807, 2.05) is 200 Å². The minimum atomic E-state index is 0.589. The first-order valence-electron chi connectivity index (χ1n) is 48.2. The second-order valence-electron chi connectivity index (χ2n) is 35.8. The summed E-state index contributed by atoms with van der Waals surface area (Å²) in [5, 5.41) is 14.5. The summed E-state index contributed by atoms with van der Waals surface area (Å²) >= 11 is 0. The lowest BCUT2D eigenvalue weighted by Crippen LogP contribution is -2.06. The standard InChI is InChI=1S/C45H29N5.C44H28N6.C39H25N5/c1-4-14-30(15-5-1)43-46-44(31-16-6-2-7-17-31)48-45(47-43)32-24-26-34(27-25-32)50-40-23-13-11-21-36(40)38-28-37-35-20-10-12-22-39(35)49(41(37)29-42(38)50)33-18-8-3-9-19-33;1-3-13-29(14-4-1)42-46-43(30-15-5-2-6-16-30)48-44(47-42)31-22-24-32(25-23-31)49-37-19-9-7-17-33(37)35-27-36-34-18-8-10-20-38(34)50(40(36)28-39(35)49)41-21-11-12-26-45-41;1-4-14-26(15-5-1)37-40-38(27-16-6-2-7-17-27)42-39(41-37)44-34-23-13-11-21-30(34)32-24-31-29-20-10-12-22-33(29)43(35(31)25-36(32)44)28-18-8-3-9-19-28/h1-29H;1-28H;1-25H. The molecule has 16 nitrogen and oxygen atoms in total. The monoisotopic (exact) mass is 1840 g/mol. The fourth-order valence-electron chi connectivity index (χ4n) is 20.8. The predicted octanol–water partition coefficient (Wildman–Crippen LogP) is 30.9. The molecule has 0 aliphatic carbocycles. The van der Waals surface area contributed by atoms with Gasteiger partial charge in [0.15, 0.2) is 46.6 Å². The highest BCUT2D eigenvalue weighted by atomic mass is 15.2. The fourth-order valence-corrected chi connectivity index (χ4v) is 20.8. The Bertz CT molecular complexity index is 9400.